The standard InChI is InChI=1S/C9H9NS.C2H6/c1-2-7-3-4-9-8(5-7)10-6-11-9;1-2/h3-6H,2H2,1H3;1-2H3. The van der Waals surface area contributed by atoms with E-state index < -0.39 is 0 Å². The summed E-state index contributed by atoms with van der Waals surface area (Å²) in [7, 11) is 0. The maximum atomic E-state index is 4.25. The second-order valence-corrected chi connectivity index (χ2v) is 3.39. The van der Waals surface area contributed by atoms with Crippen molar-refractivity contribution in [3.8, 4) is 0 Å². The Balaban J connectivity index is 0.000000396. The molecule has 0 N–H and O–H groups in total. The van der Waals surface area contributed by atoms with Crippen LogP contribution in [0.25, 0.3) is 10.2 Å². The summed E-state index contributed by atoms with van der Waals surface area (Å²) in [6.45, 7) is 6.16. The highest BCUT2D eigenvalue weighted by Crippen LogP contribution is 2.18. The number of rotatable bonds is 1. The topological polar surface area (TPSA) is 12.9 Å². The predicted octanol–water partition coefficient (Wildman–Crippen LogP) is 3.88. The smallest absolute Gasteiger partial charge is 0.0814 e. The zero-order valence-corrected chi connectivity index (χ0v) is 9.19. The summed E-state index contributed by atoms with van der Waals surface area (Å²) in [6, 6.07) is 6.47. The van der Waals surface area contributed by atoms with Gasteiger partial charge < -0.3 is 0 Å². The maximum Gasteiger partial charge on any atom is 0.0814 e. The van der Waals surface area contributed by atoms with Gasteiger partial charge >= 0.3 is 0 Å². The van der Waals surface area contributed by atoms with Crippen molar-refractivity contribution in [1.29, 1.82) is 0 Å². The van der Waals surface area contributed by atoms with Crippen LogP contribution in [-0.4, -0.2) is 4.98 Å². The first kappa shape index (κ1) is 10.2. The average Bonchev–Trinajstić information content (AvgIpc) is 2.67. The van der Waals surface area contributed by atoms with E-state index >= 15 is 0 Å². The minimum Gasteiger partial charge on any atom is -0.245 e. The molecule has 0 atom stereocenters. The zero-order valence-electron chi connectivity index (χ0n) is 8.37. The van der Waals surface area contributed by atoms with Crippen LogP contribution in [0.2, 0.25) is 0 Å². The quantitative estimate of drug-likeness (QED) is 0.669. The fourth-order valence-corrected chi connectivity index (χ4v) is 1.78. The second-order valence-electron chi connectivity index (χ2n) is 2.51. The molecule has 0 aliphatic carbocycles. The number of hydrogen-bond acceptors (Lipinski definition) is 2. The van der Waals surface area contributed by atoms with Crippen LogP contribution in [0.4, 0.5) is 0 Å². The molecule has 0 spiro atoms. The van der Waals surface area contributed by atoms with Gasteiger partial charge in [-0.2, -0.15) is 0 Å². The van der Waals surface area contributed by atoms with Gasteiger partial charge in [0.2, 0.25) is 0 Å². The van der Waals surface area contributed by atoms with Crippen LogP contribution in [0.5, 0.6) is 0 Å². The number of fused-ring (bicyclic) bond motifs is 1. The molecule has 2 aromatic rings. The molecule has 2 rings (SSSR count). The highest BCUT2D eigenvalue weighted by atomic mass is 32.1. The Morgan fingerprint density at radius 1 is 1.31 bits per heavy atom. The van der Waals surface area contributed by atoms with Crippen molar-refractivity contribution >= 4 is 21.6 Å². The minimum absolute atomic E-state index is 1.09. The third-order valence-electron chi connectivity index (χ3n) is 1.80. The molecule has 0 radical (unpaired) electrons. The highest BCUT2D eigenvalue weighted by molar-refractivity contribution is 7.16. The van der Waals surface area contributed by atoms with Crippen LogP contribution in [-0.2, 0) is 6.42 Å². The van der Waals surface area contributed by atoms with Gasteiger partial charge in [-0.3, -0.25) is 0 Å². The number of hydrogen-bond donors (Lipinski definition) is 0. The Morgan fingerprint density at radius 3 is 2.77 bits per heavy atom. The van der Waals surface area contributed by atoms with E-state index in [0.717, 1.165) is 11.9 Å². The van der Waals surface area contributed by atoms with Crippen LogP contribution >= 0.6 is 11.3 Å². The van der Waals surface area contributed by atoms with E-state index in [0.29, 0.717) is 0 Å². The van der Waals surface area contributed by atoms with Crippen LogP contribution in [0.1, 0.15) is 26.3 Å². The normalized spacial score (nSPS) is 9.46. The number of nitrogens with zero attached hydrogens (tertiary/aromatic N) is 1. The molecule has 0 aliphatic heterocycles. The van der Waals surface area contributed by atoms with Gasteiger partial charge in [-0.1, -0.05) is 26.8 Å². The predicted molar refractivity (Wildman–Crippen MR) is 60.3 cm³/mol. The molecular formula is C11H15NS. The summed E-state index contributed by atoms with van der Waals surface area (Å²) in [6.07, 6.45) is 1.09. The fourth-order valence-electron chi connectivity index (χ4n) is 1.12. The Hall–Kier alpha value is -0.890. The van der Waals surface area contributed by atoms with Gasteiger partial charge in [-0.15, -0.1) is 11.3 Å². The van der Waals surface area contributed by atoms with Crippen LogP contribution in [0.15, 0.2) is 23.7 Å². The van der Waals surface area contributed by atoms with Gasteiger partial charge in [0.05, 0.1) is 15.7 Å². The lowest BCUT2D eigenvalue weighted by Gasteiger charge is -1.93. The van der Waals surface area contributed by atoms with Gasteiger partial charge in [0, 0.05) is 0 Å². The third kappa shape index (κ3) is 2.28. The number of aryl methyl sites for hydroxylation is 1. The van der Waals surface area contributed by atoms with Gasteiger partial charge in [-0.05, 0) is 24.1 Å². The first-order chi connectivity index (χ1) is 6.40. The van der Waals surface area contributed by atoms with E-state index in [9.17, 15) is 0 Å². The van der Waals surface area contributed by atoms with Crippen molar-refractivity contribution in [2.75, 3.05) is 0 Å². The molecule has 1 aromatic carbocycles. The molecule has 13 heavy (non-hydrogen) atoms. The molecule has 70 valence electrons. The molecule has 0 fully saturated rings. The van der Waals surface area contributed by atoms with Crippen LogP contribution in [0.3, 0.4) is 0 Å². The SMILES string of the molecule is CC.CCc1ccc2scnc2c1. The Morgan fingerprint density at radius 2 is 2.08 bits per heavy atom. The molecular weight excluding hydrogens is 178 g/mol. The molecule has 0 amide bonds. The minimum atomic E-state index is 1.09. The lowest BCUT2D eigenvalue weighted by molar-refractivity contribution is 1.14. The van der Waals surface area contributed by atoms with E-state index in [4.69, 9.17) is 0 Å². The van der Waals surface area contributed by atoms with Gasteiger partial charge in [0.1, 0.15) is 0 Å². The number of benzene rings is 1. The molecule has 0 unspecified atom stereocenters. The average molecular weight is 193 g/mol. The highest BCUT2D eigenvalue weighted by Gasteiger charge is 1.95. The molecule has 0 aliphatic rings. The largest absolute Gasteiger partial charge is 0.245 e. The van der Waals surface area contributed by atoms with E-state index in [1.54, 1.807) is 11.3 Å². The van der Waals surface area contributed by atoms with Crippen LogP contribution < -0.4 is 0 Å². The number of thiazole rings is 1. The summed E-state index contributed by atoms with van der Waals surface area (Å²) in [5.41, 5.74) is 4.39. The second kappa shape index (κ2) is 4.97. The van der Waals surface area contributed by atoms with Gasteiger partial charge in [0.25, 0.3) is 0 Å². The van der Waals surface area contributed by atoms with Crippen molar-refractivity contribution in [2.24, 2.45) is 0 Å². The Kier molecular flexibility index (Phi) is 3.90. The monoisotopic (exact) mass is 193 g/mol. The first-order valence-electron chi connectivity index (χ1n) is 4.72. The van der Waals surface area contributed by atoms with Gasteiger partial charge in [-0.25, -0.2) is 4.98 Å². The van der Waals surface area contributed by atoms with Crippen molar-refractivity contribution in [1.82, 2.24) is 4.98 Å². The van der Waals surface area contributed by atoms with Crippen molar-refractivity contribution in [3.63, 3.8) is 0 Å². The lowest BCUT2D eigenvalue weighted by atomic mass is 10.2. The van der Waals surface area contributed by atoms with Crippen molar-refractivity contribution < 1.29 is 0 Å². The van der Waals surface area contributed by atoms with E-state index in [2.05, 4.69) is 30.1 Å². The fraction of sp³-hybridized carbons (Fsp3) is 0.364. The summed E-state index contributed by atoms with van der Waals surface area (Å²) >= 11 is 1.70. The molecule has 1 aromatic heterocycles. The van der Waals surface area contributed by atoms with Crippen molar-refractivity contribution in [2.45, 2.75) is 27.2 Å². The third-order valence-corrected chi connectivity index (χ3v) is 2.61. The first-order valence-corrected chi connectivity index (χ1v) is 5.60. The molecule has 1 heterocycles. The summed E-state index contributed by atoms with van der Waals surface area (Å²) < 4.78 is 1.28. The van der Waals surface area contributed by atoms with E-state index in [1.165, 1.54) is 10.3 Å². The molecule has 2 heteroatoms. The Labute approximate surface area is 83.4 Å². The summed E-state index contributed by atoms with van der Waals surface area (Å²) in [5.74, 6) is 0. The van der Waals surface area contributed by atoms with E-state index in [-0.39, 0.29) is 0 Å². The Bertz CT molecular complexity index is 365. The number of aromatic nitrogens is 1. The lowest BCUT2D eigenvalue weighted by Crippen LogP contribution is -1.77. The zero-order chi connectivity index (χ0) is 9.68. The van der Waals surface area contributed by atoms with Crippen molar-refractivity contribution in [3.05, 3.63) is 29.3 Å². The molecule has 0 saturated carbocycles. The summed E-state index contributed by atoms with van der Waals surface area (Å²) in [4.78, 5) is 4.25. The molecule has 0 bridgehead atoms. The van der Waals surface area contributed by atoms with Crippen LogP contribution in [0, 0.1) is 0 Å². The molecule has 0 saturated heterocycles. The van der Waals surface area contributed by atoms with Gasteiger partial charge in [0.15, 0.2) is 0 Å². The maximum absolute atomic E-state index is 4.25. The summed E-state index contributed by atoms with van der Waals surface area (Å²) in [5, 5.41) is 0. The van der Waals surface area contributed by atoms with E-state index in [1.807, 2.05) is 19.4 Å². The molecule has 1 nitrogen and oxygen atoms in total.